The molecular weight excluding hydrogens is 200 g/mol. The van der Waals surface area contributed by atoms with E-state index in [0.717, 1.165) is 13.1 Å². The first kappa shape index (κ1) is 11.0. The summed E-state index contributed by atoms with van der Waals surface area (Å²) in [6, 6.07) is 8.34. The molecule has 0 unspecified atom stereocenters. The highest BCUT2D eigenvalue weighted by Crippen LogP contribution is 2.27. The van der Waals surface area contributed by atoms with Crippen LogP contribution in [0, 0.1) is 0 Å². The zero-order valence-corrected chi connectivity index (χ0v) is 9.86. The largest absolute Gasteiger partial charge is 0.360 e. The number of hydrogen-bond donors (Lipinski definition) is 1. The van der Waals surface area contributed by atoms with Gasteiger partial charge in [0.1, 0.15) is 0 Å². The lowest BCUT2D eigenvalue weighted by molar-refractivity contribution is -0.120. The summed E-state index contributed by atoms with van der Waals surface area (Å²) in [6.45, 7) is 6.48. The van der Waals surface area contributed by atoms with Crippen molar-refractivity contribution in [2.24, 2.45) is 0 Å². The van der Waals surface area contributed by atoms with Gasteiger partial charge in [-0.05, 0) is 17.5 Å². The summed E-state index contributed by atoms with van der Waals surface area (Å²) in [6.07, 6.45) is 0. The Labute approximate surface area is 96.5 Å². The third kappa shape index (κ3) is 2.18. The second-order valence-corrected chi connectivity index (χ2v) is 4.49. The molecule has 0 saturated carbocycles. The molecule has 3 nitrogen and oxygen atoms in total. The van der Waals surface area contributed by atoms with Crippen molar-refractivity contribution in [3.05, 3.63) is 29.8 Å². The number of carbonyl (C=O) groups excluding carboxylic acids is 1. The highest BCUT2D eigenvalue weighted by atomic mass is 16.2. The molecule has 0 aromatic heterocycles. The summed E-state index contributed by atoms with van der Waals surface area (Å²) in [4.78, 5) is 13.5. The van der Waals surface area contributed by atoms with Crippen molar-refractivity contribution < 1.29 is 4.79 Å². The fourth-order valence-corrected chi connectivity index (χ4v) is 2.11. The van der Waals surface area contributed by atoms with Crippen LogP contribution in [0.3, 0.4) is 0 Å². The van der Waals surface area contributed by atoms with Crippen LogP contribution < -0.4 is 10.2 Å². The van der Waals surface area contributed by atoms with Gasteiger partial charge in [-0.15, -0.1) is 0 Å². The van der Waals surface area contributed by atoms with Crippen molar-refractivity contribution in [2.45, 2.75) is 19.8 Å². The van der Waals surface area contributed by atoms with Gasteiger partial charge in [-0.2, -0.15) is 0 Å². The molecule has 1 heterocycles. The van der Waals surface area contributed by atoms with Gasteiger partial charge < -0.3 is 10.2 Å². The van der Waals surface area contributed by atoms with Crippen molar-refractivity contribution in [3.8, 4) is 0 Å². The number of amides is 1. The van der Waals surface area contributed by atoms with Gasteiger partial charge in [0.15, 0.2) is 0 Å². The number of carbonyl (C=O) groups is 1. The zero-order valence-electron chi connectivity index (χ0n) is 9.86. The van der Waals surface area contributed by atoms with Crippen LogP contribution in [-0.4, -0.2) is 25.5 Å². The van der Waals surface area contributed by atoms with E-state index in [1.54, 1.807) is 0 Å². The lowest BCUT2D eigenvalue weighted by Gasteiger charge is -2.31. The Balaban J connectivity index is 2.28. The molecule has 0 radical (unpaired) electrons. The lowest BCUT2D eigenvalue weighted by atomic mass is 10.00. The minimum Gasteiger partial charge on any atom is -0.360 e. The Hall–Kier alpha value is -1.51. The third-order valence-corrected chi connectivity index (χ3v) is 2.94. The van der Waals surface area contributed by atoms with Gasteiger partial charge in [0, 0.05) is 18.8 Å². The van der Waals surface area contributed by atoms with Crippen molar-refractivity contribution in [3.63, 3.8) is 0 Å². The molecule has 0 spiro atoms. The highest BCUT2D eigenvalue weighted by molar-refractivity contribution is 5.83. The molecule has 0 bridgehead atoms. The molecule has 0 atom stereocenters. The maximum absolute atomic E-state index is 11.4. The van der Waals surface area contributed by atoms with Crippen LogP contribution in [-0.2, 0) is 4.79 Å². The molecule has 1 aliphatic heterocycles. The van der Waals surface area contributed by atoms with E-state index in [1.807, 2.05) is 6.07 Å². The number of para-hydroxylation sites is 1. The van der Waals surface area contributed by atoms with E-state index in [1.165, 1.54) is 11.3 Å². The fourth-order valence-electron chi connectivity index (χ4n) is 2.11. The van der Waals surface area contributed by atoms with E-state index in [9.17, 15) is 4.79 Å². The van der Waals surface area contributed by atoms with Gasteiger partial charge in [0.25, 0.3) is 0 Å². The van der Waals surface area contributed by atoms with Crippen LogP contribution in [0.4, 0.5) is 5.69 Å². The molecule has 1 fully saturated rings. The molecule has 0 aliphatic carbocycles. The molecule has 1 saturated heterocycles. The van der Waals surface area contributed by atoms with E-state index in [4.69, 9.17) is 0 Å². The molecule has 1 aromatic carbocycles. The van der Waals surface area contributed by atoms with Gasteiger partial charge in [-0.1, -0.05) is 32.0 Å². The second-order valence-electron chi connectivity index (χ2n) is 4.49. The van der Waals surface area contributed by atoms with Crippen LogP contribution in [0.1, 0.15) is 25.3 Å². The van der Waals surface area contributed by atoms with E-state index < -0.39 is 0 Å². The quantitative estimate of drug-likeness (QED) is 0.820. The molecule has 3 heteroatoms. The molecule has 1 N–H and O–H groups in total. The van der Waals surface area contributed by atoms with Gasteiger partial charge >= 0.3 is 0 Å². The predicted molar refractivity (Wildman–Crippen MR) is 65.8 cm³/mol. The number of nitrogens with one attached hydrogen (secondary N) is 1. The maximum atomic E-state index is 11.4. The molecule has 2 rings (SSSR count). The van der Waals surface area contributed by atoms with E-state index >= 15 is 0 Å². The van der Waals surface area contributed by atoms with E-state index in [2.05, 4.69) is 42.3 Å². The van der Waals surface area contributed by atoms with Gasteiger partial charge in [0.2, 0.25) is 5.91 Å². The summed E-state index contributed by atoms with van der Waals surface area (Å²) >= 11 is 0. The number of piperazine rings is 1. The average molecular weight is 218 g/mol. The molecule has 1 amide bonds. The first-order chi connectivity index (χ1) is 7.68. The van der Waals surface area contributed by atoms with Crippen molar-refractivity contribution in [1.82, 2.24) is 5.32 Å². The Kier molecular flexibility index (Phi) is 3.13. The first-order valence-electron chi connectivity index (χ1n) is 5.79. The van der Waals surface area contributed by atoms with Crippen molar-refractivity contribution in [2.75, 3.05) is 24.5 Å². The number of benzene rings is 1. The number of hydrogen-bond acceptors (Lipinski definition) is 2. The van der Waals surface area contributed by atoms with Crippen LogP contribution >= 0.6 is 0 Å². The van der Waals surface area contributed by atoms with Crippen molar-refractivity contribution in [1.29, 1.82) is 0 Å². The summed E-state index contributed by atoms with van der Waals surface area (Å²) < 4.78 is 0. The summed E-state index contributed by atoms with van der Waals surface area (Å²) in [5.41, 5.74) is 2.52. The van der Waals surface area contributed by atoms with Crippen molar-refractivity contribution >= 4 is 11.6 Å². The Morgan fingerprint density at radius 1 is 1.31 bits per heavy atom. The molecule has 1 aromatic rings. The highest BCUT2D eigenvalue weighted by Gasteiger charge is 2.19. The lowest BCUT2D eigenvalue weighted by Crippen LogP contribution is -2.48. The number of rotatable bonds is 2. The minimum absolute atomic E-state index is 0.116. The van der Waals surface area contributed by atoms with E-state index in [-0.39, 0.29) is 5.91 Å². The molecule has 16 heavy (non-hydrogen) atoms. The van der Waals surface area contributed by atoms with Crippen LogP contribution in [0.15, 0.2) is 24.3 Å². The Morgan fingerprint density at radius 3 is 2.75 bits per heavy atom. The zero-order chi connectivity index (χ0) is 11.5. The monoisotopic (exact) mass is 218 g/mol. The topological polar surface area (TPSA) is 32.3 Å². The van der Waals surface area contributed by atoms with E-state index in [0.29, 0.717) is 12.5 Å². The Morgan fingerprint density at radius 2 is 2.06 bits per heavy atom. The summed E-state index contributed by atoms with van der Waals surface area (Å²) in [5, 5.41) is 2.85. The minimum atomic E-state index is 0.116. The number of anilines is 1. The van der Waals surface area contributed by atoms with Crippen LogP contribution in [0.25, 0.3) is 0 Å². The molecule has 1 aliphatic rings. The maximum Gasteiger partial charge on any atom is 0.239 e. The standard InChI is InChI=1S/C13H18N2O/c1-10(2)11-5-3-4-6-12(11)15-8-7-14-13(16)9-15/h3-6,10H,7-9H2,1-2H3,(H,14,16). The smallest absolute Gasteiger partial charge is 0.239 e. The first-order valence-corrected chi connectivity index (χ1v) is 5.79. The second kappa shape index (κ2) is 4.56. The average Bonchev–Trinajstić information content (AvgIpc) is 2.29. The SMILES string of the molecule is CC(C)c1ccccc1N1CCNC(=O)C1. The van der Waals surface area contributed by atoms with Gasteiger partial charge in [-0.25, -0.2) is 0 Å². The van der Waals surface area contributed by atoms with Gasteiger partial charge in [0.05, 0.1) is 6.54 Å². The summed E-state index contributed by atoms with van der Waals surface area (Å²) in [7, 11) is 0. The molecular formula is C13H18N2O. The molecule has 86 valence electrons. The van der Waals surface area contributed by atoms with Gasteiger partial charge in [-0.3, -0.25) is 4.79 Å². The normalized spacial score (nSPS) is 16.4. The predicted octanol–water partition coefficient (Wildman–Crippen LogP) is 1.75. The summed E-state index contributed by atoms with van der Waals surface area (Å²) in [5.74, 6) is 0.603. The fraction of sp³-hybridized carbons (Fsp3) is 0.462. The van der Waals surface area contributed by atoms with Crippen LogP contribution in [0.5, 0.6) is 0 Å². The number of nitrogens with zero attached hydrogens (tertiary/aromatic N) is 1. The third-order valence-electron chi connectivity index (χ3n) is 2.94. The Bertz CT molecular complexity index is 387. The van der Waals surface area contributed by atoms with Crippen LogP contribution in [0.2, 0.25) is 0 Å².